The zero-order chi connectivity index (χ0) is 20.0. The predicted molar refractivity (Wildman–Crippen MR) is 102 cm³/mol. The van der Waals surface area contributed by atoms with E-state index in [1.807, 2.05) is 39.8 Å². The fourth-order valence-electron chi connectivity index (χ4n) is 3.01. The van der Waals surface area contributed by atoms with Gasteiger partial charge in [-0.15, -0.1) is 0 Å². The summed E-state index contributed by atoms with van der Waals surface area (Å²) in [4.78, 5) is 14.6. The highest BCUT2D eigenvalue weighted by Gasteiger charge is 2.52. The number of nitrogen functional groups attached to an aromatic ring is 1. The molecule has 1 fully saturated rings. The maximum atomic E-state index is 12.2. The van der Waals surface area contributed by atoms with Crippen molar-refractivity contribution in [1.82, 2.24) is 4.98 Å². The van der Waals surface area contributed by atoms with E-state index in [1.54, 1.807) is 24.3 Å². The zero-order valence-electron chi connectivity index (χ0n) is 15.6. The molecule has 1 saturated heterocycles. The van der Waals surface area contributed by atoms with Gasteiger partial charge in [-0.25, -0.2) is 0 Å². The molecule has 0 amide bonds. The van der Waals surface area contributed by atoms with E-state index in [2.05, 4.69) is 4.98 Å². The van der Waals surface area contributed by atoms with Crippen molar-refractivity contribution in [2.24, 2.45) is 0 Å². The highest BCUT2D eigenvalue weighted by molar-refractivity contribution is 6.64. The van der Waals surface area contributed by atoms with Crippen molar-refractivity contribution >= 4 is 18.4 Å². The second-order valence-corrected chi connectivity index (χ2v) is 7.39. The molecule has 3 N–H and O–H groups in total. The maximum absolute atomic E-state index is 12.2. The summed E-state index contributed by atoms with van der Waals surface area (Å²) in [7, 11) is -0.718. The van der Waals surface area contributed by atoms with Crippen molar-refractivity contribution in [3.63, 3.8) is 0 Å². The van der Waals surface area contributed by atoms with Crippen LogP contribution in [0.4, 0.5) is 5.82 Å². The van der Waals surface area contributed by atoms with Gasteiger partial charge in [-0.05, 0) is 38.7 Å². The van der Waals surface area contributed by atoms with Gasteiger partial charge in [-0.1, -0.05) is 24.3 Å². The first-order valence-electron chi connectivity index (χ1n) is 8.44. The monoisotopic (exact) mass is 362 g/mol. The van der Waals surface area contributed by atoms with Crippen LogP contribution in [-0.2, 0) is 9.31 Å². The van der Waals surface area contributed by atoms with Crippen molar-refractivity contribution in [1.29, 1.82) is 10.5 Å². The minimum Gasteiger partial charge on any atom is -0.399 e. The number of rotatable bonds is 2. The third kappa shape index (κ3) is 2.89. The van der Waals surface area contributed by atoms with Crippen LogP contribution in [0.25, 0.3) is 11.1 Å². The lowest BCUT2D eigenvalue weighted by Gasteiger charge is -2.32. The van der Waals surface area contributed by atoms with Gasteiger partial charge in [0.15, 0.2) is 0 Å². The minimum absolute atomic E-state index is 0.0371. The van der Waals surface area contributed by atoms with Gasteiger partial charge in [0, 0.05) is 5.56 Å². The molecule has 0 radical (unpaired) electrons. The van der Waals surface area contributed by atoms with Crippen LogP contribution in [0.3, 0.4) is 0 Å². The van der Waals surface area contributed by atoms with Crippen LogP contribution >= 0.6 is 0 Å². The van der Waals surface area contributed by atoms with E-state index in [4.69, 9.17) is 15.0 Å². The van der Waals surface area contributed by atoms with E-state index in [1.165, 1.54) is 0 Å². The van der Waals surface area contributed by atoms with E-state index in [0.29, 0.717) is 11.0 Å². The van der Waals surface area contributed by atoms with Gasteiger partial charge in [0.2, 0.25) is 0 Å². The summed E-state index contributed by atoms with van der Waals surface area (Å²) < 4.78 is 12.2. The third-order valence-corrected chi connectivity index (χ3v) is 5.21. The molecule has 2 aromatic rings. The summed E-state index contributed by atoms with van der Waals surface area (Å²) in [6.45, 7) is 7.73. The SMILES string of the molecule is CC1(C)OB(c2ccccc2-c2c(C#N)c(N)[nH]c(=O)c2C#N)OC1(C)C. The number of aromatic amines is 1. The Kier molecular flexibility index (Phi) is 4.35. The van der Waals surface area contributed by atoms with E-state index < -0.39 is 23.9 Å². The standard InChI is InChI=1S/C19H19BN4O3/c1-18(2)19(3,4)27-20(26-18)14-8-6-5-7-11(14)15-12(9-21)16(23)24-17(25)13(15)10-22/h5-8H,1-4H3,(H3,23,24,25). The minimum atomic E-state index is -0.718. The Hall–Kier alpha value is -3.07. The number of anilines is 1. The second-order valence-electron chi connectivity index (χ2n) is 7.39. The number of aromatic nitrogens is 1. The Labute approximate surface area is 157 Å². The number of pyridine rings is 1. The molecule has 0 aliphatic carbocycles. The van der Waals surface area contributed by atoms with Gasteiger partial charge in [0.25, 0.3) is 5.56 Å². The molecular weight excluding hydrogens is 343 g/mol. The first-order chi connectivity index (χ1) is 12.6. The molecule has 7 nitrogen and oxygen atoms in total. The molecule has 1 aromatic carbocycles. The van der Waals surface area contributed by atoms with Crippen molar-refractivity contribution < 1.29 is 9.31 Å². The van der Waals surface area contributed by atoms with Gasteiger partial charge in [0.05, 0.1) is 11.2 Å². The van der Waals surface area contributed by atoms with Crippen molar-refractivity contribution in [2.75, 3.05) is 5.73 Å². The zero-order valence-corrected chi connectivity index (χ0v) is 15.6. The molecule has 27 heavy (non-hydrogen) atoms. The number of nitriles is 2. The van der Waals surface area contributed by atoms with Crippen LogP contribution in [0.1, 0.15) is 38.8 Å². The highest BCUT2D eigenvalue weighted by atomic mass is 16.7. The Morgan fingerprint density at radius 2 is 1.59 bits per heavy atom. The van der Waals surface area contributed by atoms with Crippen LogP contribution in [0.5, 0.6) is 0 Å². The van der Waals surface area contributed by atoms with E-state index in [0.717, 1.165) is 0 Å². The number of H-pyrrole nitrogens is 1. The molecular formula is C19H19BN4O3. The summed E-state index contributed by atoms with van der Waals surface area (Å²) in [5.74, 6) is -0.0831. The molecule has 2 heterocycles. The van der Waals surface area contributed by atoms with E-state index >= 15 is 0 Å². The maximum Gasteiger partial charge on any atom is 0.495 e. The van der Waals surface area contributed by atoms with Crippen molar-refractivity contribution in [2.45, 2.75) is 38.9 Å². The molecule has 0 unspecified atom stereocenters. The second kappa shape index (κ2) is 6.28. The van der Waals surface area contributed by atoms with Gasteiger partial charge < -0.3 is 20.0 Å². The molecule has 0 atom stereocenters. The largest absolute Gasteiger partial charge is 0.495 e. The Balaban J connectivity index is 2.28. The topological polar surface area (TPSA) is 125 Å². The number of benzene rings is 1. The Bertz CT molecular complexity index is 1040. The molecule has 1 aliphatic heterocycles. The molecule has 136 valence electrons. The Morgan fingerprint density at radius 1 is 1.04 bits per heavy atom. The summed E-state index contributed by atoms with van der Waals surface area (Å²) in [5, 5.41) is 19.1. The molecule has 1 aromatic heterocycles. The number of hydrogen-bond donors (Lipinski definition) is 2. The summed E-state index contributed by atoms with van der Waals surface area (Å²) in [6, 6.07) is 10.9. The fourth-order valence-corrected chi connectivity index (χ4v) is 3.01. The fraction of sp³-hybridized carbons (Fsp3) is 0.316. The number of nitrogens with two attached hydrogens (primary N) is 1. The normalized spacial score (nSPS) is 17.3. The predicted octanol–water partition coefficient (Wildman–Crippen LogP) is 1.67. The molecule has 1 aliphatic rings. The first-order valence-corrected chi connectivity index (χ1v) is 8.44. The van der Waals surface area contributed by atoms with Gasteiger partial charge in [-0.3, -0.25) is 4.79 Å². The number of nitrogens with zero attached hydrogens (tertiary/aromatic N) is 2. The molecule has 3 rings (SSSR count). The van der Waals surface area contributed by atoms with Crippen LogP contribution in [0.2, 0.25) is 0 Å². The Morgan fingerprint density at radius 3 is 2.15 bits per heavy atom. The van der Waals surface area contributed by atoms with E-state index in [-0.39, 0.29) is 22.5 Å². The molecule has 0 bridgehead atoms. The van der Waals surface area contributed by atoms with Gasteiger partial charge in [-0.2, -0.15) is 10.5 Å². The van der Waals surface area contributed by atoms with Crippen LogP contribution in [-0.4, -0.2) is 23.3 Å². The quantitative estimate of drug-likeness (QED) is 0.783. The smallest absolute Gasteiger partial charge is 0.399 e. The molecule has 0 spiro atoms. The lowest BCUT2D eigenvalue weighted by molar-refractivity contribution is 0.00578. The summed E-state index contributed by atoms with van der Waals surface area (Å²) in [5.41, 5.74) is 5.23. The average molecular weight is 362 g/mol. The average Bonchev–Trinajstić information content (AvgIpc) is 2.82. The van der Waals surface area contributed by atoms with Gasteiger partial charge in [0.1, 0.15) is 29.1 Å². The molecule has 0 saturated carbocycles. The lowest BCUT2D eigenvalue weighted by Crippen LogP contribution is -2.41. The number of hydrogen-bond acceptors (Lipinski definition) is 6. The summed E-state index contributed by atoms with van der Waals surface area (Å²) in [6.07, 6.45) is 0. The van der Waals surface area contributed by atoms with Crippen molar-refractivity contribution in [3.05, 3.63) is 45.7 Å². The first kappa shape index (κ1) is 18.7. The van der Waals surface area contributed by atoms with Crippen molar-refractivity contribution in [3.8, 4) is 23.3 Å². The lowest BCUT2D eigenvalue weighted by atomic mass is 9.73. The number of nitrogens with one attached hydrogen (secondary N) is 1. The highest BCUT2D eigenvalue weighted by Crippen LogP contribution is 2.37. The van der Waals surface area contributed by atoms with Crippen LogP contribution < -0.4 is 16.8 Å². The van der Waals surface area contributed by atoms with Gasteiger partial charge >= 0.3 is 7.12 Å². The van der Waals surface area contributed by atoms with E-state index in [9.17, 15) is 15.3 Å². The molecule has 8 heteroatoms. The third-order valence-electron chi connectivity index (χ3n) is 5.21. The summed E-state index contributed by atoms with van der Waals surface area (Å²) >= 11 is 0. The van der Waals surface area contributed by atoms with Crippen LogP contribution in [0.15, 0.2) is 29.1 Å². The van der Waals surface area contributed by atoms with Crippen LogP contribution in [0, 0.1) is 22.7 Å².